The second-order valence-corrected chi connectivity index (χ2v) is 5.26. The zero-order valence-corrected chi connectivity index (χ0v) is 12.7. The maximum atomic E-state index is 5.88. The molecule has 0 bridgehead atoms. The number of methoxy groups -OCH3 is 2. The Morgan fingerprint density at radius 2 is 1.65 bits per heavy atom. The molecule has 0 aliphatic heterocycles. The second kappa shape index (κ2) is 7.09. The van der Waals surface area contributed by atoms with Gasteiger partial charge in [-0.2, -0.15) is 0 Å². The first-order chi connectivity index (χ1) is 7.51. The van der Waals surface area contributed by atoms with Crippen molar-refractivity contribution >= 4 is 23.7 Å². The highest BCUT2D eigenvalue weighted by Gasteiger charge is 2.22. The van der Waals surface area contributed by atoms with Gasteiger partial charge in [0.05, 0.1) is 14.2 Å². The molecule has 0 radical (unpaired) electrons. The number of nitrogens with two attached hydrogens (primary N) is 1. The van der Waals surface area contributed by atoms with Crippen molar-refractivity contribution < 1.29 is 9.47 Å². The first kappa shape index (κ1) is 16.6. The molecule has 1 aromatic rings. The monoisotopic (exact) mass is 279 g/mol. The lowest BCUT2D eigenvalue weighted by atomic mass is 9.97. The van der Waals surface area contributed by atoms with Crippen LogP contribution in [0, 0.1) is 0 Å². The third-order valence-electron chi connectivity index (χ3n) is 2.45. The highest BCUT2D eigenvalue weighted by Crippen LogP contribution is 2.45. The van der Waals surface area contributed by atoms with E-state index in [-0.39, 0.29) is 18.4 Å². The summed E-state index contributed by atoms with van der Waals surface area (Å²) in [7, 11) is 3.40. The summed E-state index contributed by atoms with van der Waals surface area (Å²) in [6.07, 6.45) is 0.830. The number of hydrogen-bond donors (Lipinski definition) is 1. The van der Waals surface area contributed by atoms with Gasteiger partial charge in [-0.1, -0.05) is 25.2 Å². The zero-order chi connectivity index (χ0) is 12.3. The Hall–Kier alpha value is -0.450. The van der Waals surface area contributed by atoms with Crippen LogP contribution in [0.2, 0.25) is 0 Å². The van der Waals surface area contributed by atoms with Gasteiger partial charge < -0.3 is 15.2 Å². The van der Waals surface area contributed by atoms with Crippen molar-refractivity contribution in [3.8, 4) is 10.1 Å². The molecule has 1 aromatic heterocycles. The van der Waals surface area contributed by atoms with Gasteiger partial charge in [0, 0.05) is 17.2 Å². The van der Waals surface area contributed by atoms with Crippen LogP contribution < -0.4 is 15.2 Å². The molecule has 1 heterocycles. The van der Waals surface area contributed by atoms with Gasteiger partial charge in [0.2, 0.25) is 0 Å². The van der Waals surface area contributed by atoms with E-state index in [2.05, 4.69) is 13.8 Å². The smallest absolute Gasteiger partial charge is 0.180 e. The van der Waals surface area contributed by atoms with Gasteiger partial charge in [-0.15, -0.1) is 12.4 Å². The van der Waals surface area contributed by atoms with Crippen LogP contribution in [-0.4, -0.2) is 20.3 Å². The minimum absolute atomic E-state index is 0. The van der Waals surface area contributed by atoms with Crippen LogP contribution in [0.4, 0.5) is 0 Å². The Kier molecular flexibility index (Phi) is 6.90. The van der Waals surface area contributed by atoms with E-state index in [1.54, 1.807) is 25.6 Å². The summed E-state index contributed by atoms with van der Waals surface area (Å²) >= 11 is 1.56. The quantitative estimate of drug-likeness (QED) is 0.900. The topological polar surface area (TPSA) is 44.5 Å². The predicted octanol–water partition coefficient (Wildman–Crippen LogP) is 3.20. The Morgan fingerprint density at radius 3 is 2.00 bits per heavy atom. The molecule has 3 nitrogen and oxygen atoms in total. The van der Waals surface area contributed by atoms with Crippen LogP contribution in [0.25, 0.3) is 0 Å². The van der Waals surface area contributed by atoms with Crippen LogP contribution in [0.1, 0.15) is 37.8 Å². The molecular weight excluding hydrogens is 258 g/mol. The molecule has 0 saturated carbocycles. The molecule has 1 atom stereocenters. The van der Waals surface area contributed by atoms with Crippen molar-refractivity contribution in [3.05, 3.63) is 11.1 Å². The molecule has 0 aliphatic rings. The molecule has 0 fully saturated rings. The van der Waals surface area contributed by atoms with Crippen LogP contribution in [-0.2, 0) is 6.42 Å². The molecule has 100 valence electrons. The Labute approximate surface area is 114 Å². The fourth-order valence-corrected chi connectivity index (χ4v) is 2.97. The normalized spacial score (nSPS) is 12.2. The molecule has 0 spiro atoms. The third-order valence-corrected chi connectivity index (χ3v) is 3.62. The van der Waals surface area contributed by atoms with Gasteiger partial charge in [0.1, 0.15) is 0 Å². The largest absolute Gasteiger partial charge is 0.487 e. The average Bonchev–Trinajstić information content (AvgIpc) is 2.54. The SMILES string of the molecule is COc1sc(OC)c(C(C)C)c1CC(C)N.Cl. The van der Waals surface area contributed by atoms with E-state index in [1.807, 2.05) is 6.92 Å². The number of rotatable bonds is 5. The summed E-state index contributed by atoms with van der Waals surface area (Å²) in [5.74, 6) is 0.420. The Bertz CT molecular complexity index is 351. The standard InChI is InChI=1S/C12H21NO2S.ClH/c1-7(2)10-9(6-8(3)13)11(14-4)16-12(10)15-5;/h7-8H,6,13H2,1-5H3;1H. The van der Waals surface area contributed by atoms with Gasteiger partial charge in [0.15, 0.2) is 10.1 Å². The summed E-state index contributed by atoms with van der Waals surface area (Å²) in [6, 6.07) is 0.130. The molecule has 2 N–H and O–H groups in total. The van der Waals surface area contributed by atoms with E-state index >= 15 is 0 Å². The van der Waals surface area contributed by atoms with Crippen molar-refractivity contribution in [2.45, 2.75) is 39.2 Å². The summed E-state index contributed by atoms with van der Waals surface area (Å²) in [5, 5.41) is 1.88. The number of hydrogen-bond acceptors (Lipinski definition) is 4. The van der Waals surface area contributed by atoms with Crippen molar-refractivity contribution in [3.63, 3.8) is 0 Å². The minimum Gasteiger partial charge on any atom is -0.487 e. The molecule has 0 aromatic carbocycles. The maximum Gasteiger partial charge on any atom is 0.180 e. The van der Waals surface area contributed by atoms with Gasteiger partial charge in [-0.05, 0) is 19.3 Å². The molecule has 0 amide bonds. The fraction of sp³-hybridized carbons (Fsp3) is 0.667. The lowest BCUT2D eigenvalue weighted by Crippen LogP contribution is -2.18. The fourth-order valence-electron chi connectivity index (χ4n) is 1.85. The highest BCUT2D eigenvalue weighted by molar-refractivity contribution is 7.16. The van der Waals surface area contributed by atoms with Gasteiger partial charge in [0.25, 0.3) is 0 Å². The van der Waals surface area contributed by atoms with E-state index in [0.717, 1.165) is 16.5 Å². The lowest BCUT2D eigenvalue weighted by Gasteiger charge is -2.12. The molecule has 1 rings (SSSR count). The van der Waals surface area contributed by atoms with Crippen LogP contribution >= 0.6 is 23.7 Å². The van der Waals surface area contributed by atoms with Crippen molar-refractivity contribution in [1.29, 1.82) is 0 Å². The lowest BCUT2D eigenvalue weighted by molar-refractivity contribution is 0.419. The van der Waals surface area contributed by atoms with E-state index in [9.17, 15) is 0 Å². The van der Waals surface area contributed by atoms with Gasteiger partial charge in [-0.25, -0.2) is 0 Å². The zero-order valence-electron chi connectivity index (χ0n) is 11.1. The van der Waals surface area contributed by atoms with Crippen molar-refractivity contribution in [2.24, 2.45) is 5.73 Å². The Morgan fingerprint density at radius 1 is 1.12 bits per heavy atom. The average molecular weight is 280 g/mol. The summed E-state index contributed by atoms with van der Waals surface area (Å²) in [6.45, 7) is 6.33. The molecule has 0 saturated heterocycles. The first-order valence-corrected chi connectivity index (χ1v) is 6.32. The van der Waals surface area contributed by atoms with Crippen LogP contribution in [0.5, 0.6) is 10.1 Å². The van der Waals surface area contributed by atoms with Gasteiger partial charge in [-0.3, -0.25) is 0 Å². The number of halogens is 1. The summed E-state index contributed by atoms with van der Waals surface area (Å²) in [5.41, 5.74) is 8.32. The molecule has 5 heteroatoms. The summed E-state index contributed by atoms with van der Waals surface area (Å²) < 4.78 is 10.8. The van der Waals surface area contributed by atoms with Crippen LogP contribution in [0.3, 0.4) is 0 Å². The molecule has 0 aliphatic carbocycles. The number of thiophene rings is 1. The van der Waals surface area contributed by atoms with E-state index < -0.39 is 0 Å². The molecule has 1 unspecified atom stereocenters. The Balaban J connectivity index is 0.00000256. The highest BCUT2D eigenvalue weighted by atomic mass is 35.5. The van der Waals surface area contributed by atoms with Crippen molar-refractivity contribution in [1.82, 2.24) is 0 Å². The van der Waals surface area contributed by atoms with Gasteiger partial charge >= 0.3 is 0 Å². The van der Waals surface area contributed by atoms with E-state index in [0.29, 0.717) is 5.92 Å². The summed E-state index contributed by atoms with van der Waals surface area (Å²) in [4.78, 5) is 0. The molecule has 17 heavy (non-hydrogen) atoms. The predicted molar refractivity (Wildman–Crippen MR) is 76.1 cm³/mol. The second-order valence-electron chi connectivity index (χ2n) is 4.31. The minimum atomic E-state index is 0. The first-order valence-electron chi connectivity index (χ1n) is 5.50. The number of ether oxygens (including phenoxy) is 2. The van der Waals surface area contributed by atoms with Crippen molar-refractivity contribution in [2.75, 3.05) is 14.2 Å². The third kappa shape index (κ3) is 3.76. The van der Waals surface area contributed by atoms with E-state index in [1.165, 1.54) is 11.1 Å². The maximum absolute atomic E-state index is 5.88. The van der Waals surface area contributed by atoms with Crippen LogP contribution in [0.15, 0.2) is 0 Å². The van der Waals surface area contributed by atoms with E-state index in [4.69, 9.17) is 15.2 Å². The molecular formula is C12H22ClNO2S.